The van der Waals surface area contributed by atoms with Gasteiger partial charge in [-0.3, -0.25) is 0 Å². The molecule has 0 aliphatic heterocycles. The highest BCUT2D eigenvalue weighted by Crippen LogP contribution is 2.39. The van der Waals surface area contributed by atoms with Gasteiger partial charge in [-0.1, -0.05) is 12.1 Å². The molecule has 0 amide bonds. The lowest BCUT2D eigenvalue weighted by molar-refractivity contribution is -0.115. The Hall–Kier alpha value is -4.02. The smallest absolute Gasteiger partial charge is 0.405 e. The number of nitrogens with one attached hydrogen (secondary N) is 2. The molecule has 2 aromatic carbocycles. The average Bonchev–Trinajstić information content (AvgIpc) is 3.80. The Labute approximate surface area is 239 Å². The molecule has 1 fully saturated rings. The summed E-state index contributed by atoms with van der Waals surface area (Å²) in [6.07, 6.45) is -3.42. The van der Waals surface area contributed by atoms with Crippen molar-refractivity contribution in [2.24, 2.45) is 5.14 Å². The molecular formula is C26H25F3N6O5S2. The predicted molar refractivity (Wildman–Crippen MR) is 149 cm³/mol. The molecule has 1 saturated carbocycles. The number of hydrogen-bond acceptors (Lipinski definition) is 10. The molecule has 0 atom stereocenters. The van der Waals surface area contributed by atoms with Crippen LogP contribution in [-0.2, 0) is 26.4 Å². The monoisotopic (exact) mass is 622 g/mol. The minimum atomic E-state index is -4.55. The van der Waals surface area contributed by atoms with E-state index in [1.54, 1.807) is 18.2 Å². The van der Waals surface area contributed by atoms with E-state index in [1.165, 1.54) is 43.5 Å². The van der Waals surface area contributed by atoms with E-state index in [2.05, 4.69) is 25.6 Å². The SMILES string of the molecule is COc1ccc(-c2ccc3nc(NCc4ccc(S(N)(=O)=O)cc4)nc(NCC(F)(F)F)c3n2)cc1S(=O)(=O)C1CC1. The number of sulfone groups is 1. The molecule has 11 nitrogen and oxygen atoms in total. The molecule has 2 aromatic heterocycles. The molecule has 222 valence electrons. The number of rotatable bonds is 10. The molecule has 5 rings (SSSR count). The van der Waals surface area contributed by atoms with Crippen molar-refractivity contribution in [1.82, 2.24) is 15.0 Å². The van der Waals surface area contributed by atoms with E-state index in [4.69, 9.17) is 9.88 Å². The zero-order valence-corrected chi connectivity index (χ0v) is 23.6. The molecule has 0 radical (unpaired) electrons. The Balaban J connectivity index is 1.49. The molecule has 4 aromatic rings. The summed E-state index contributed by atoms with van der Waals surface area (Å²) in [5, 5.41) is 9.82. The fourth-order valence-corrected chi connectivity index (χ4v) is 6.51. The maximum atomic E-state index is 13.1. The largest absolute Gasteiger partial charge is 0.495 e. The van der Waals surface area contributed by atoms with Gasteiger partial charge in [-0.2, -0.15) is 18.2 Å². The van der Waals surface area contributed by atoms with Crippen molar-refractivity contribution < 1.29 is 34.7 Å². The maximum Gasteiger partial charge on any atom is 0.405 e. The Morgan fingerprint density at radius 3 is 2.29 bits per heavy atom. The van der Waals surface area contributed by atoms with Crippen molar-refractivity contribution in [3.05, 3.63) is 60.2 Å². The Morgan fingerprint density at radius 2 is 1.67 bits per heavy atom. The van der Waals surface area contributed by atoms with Crippen LogP contribution in [0.1, 0.15) is 18.4 Å². The van der Waals surface area contributed by atoms with Gasteiger partial charge in [0.15, 0.2) is 15.7 Å². The fraction of sp³-hybridized carbons (Fsp3) is 0.269. The highest BCUT2D eigenvalue weighted by atomic mass is 32.2. The second-order valence-electron chi connectivity index (χ2n) is 9.58. The molecule has 16 heteroatoms. The molecule has 0 bridgehead atoms. The summed E-state index contributed by atoms with van der Waals surface area (Å²) in [5.74, 6) is 0.00223. The molecule has 0 saturated heterocycles. The van der Waals surface area contributed by atoms with Crippen LogP contribution in [0, 0.1) is 0 Å². The number of aromatic nitrogens is 3. The van der Waals surface area contributed by atoms with Gasteiger partial charge in [0.2, 0.25) is 16.0 Å². The number of fused-ring (bicyclic) bond motifs is 1. The van der Waals surface area contributed by atoms with E-state index in [-0.39, 0.29) is 44.9 Å². The van der Waals surface area contributed by atoms with E-state index < -0.39 is 37.8 Å². The van der Waals surface area contributed by atoms with Crippen LogP contribution in [0.2, 0.25) is 0 Å². The highest BCUT2D eigenvalue weighted by molar-refractivity contribution is 7.92. The molecule has 4 N–H and O–H groups in total. The third-order valence-corrected chi connectivity index (χ3v) is 9.64. The molecule has 42 heavy (non-hydrogen) atoms. The first-order valence-corrected chi connectivity index (χ1v) is 15.6. The van der Waals surface area contributed by atoms with E-state index in [0.29, 0.717) is 29.7 Å². The Kier molecular flexibility index (Phi) is 7.72. The summed E-state index contributed by atoms with van der Waals surface area (Å²) in [6, 6.07) is 13.4. The van der Waals surface area contributed by atoms with Crippen molar-refractivity contribution in [3.63, 3.8) is 0 Å². The number of alkyl halides is 3. The summed E-state index contributed by atoms with van der Waals surface area (Å²) < 4.78 is 93.5. The summed E-state index contributed by atoms with van der Waals surface area (Å²) in [6.45, 7) is -1.25. The molecule has 1 aliphatic rings. The van der Waals surface area contributed by atoms with Crippen molar-refractivity contribution >= 4 is 42.7 Å². The number of benzene rings is 2. The van der Waals surface area contributed by atoms with E-state index in [9.17, 15) is 30.0 Å². The van der Waals surface area contributed by atoms with Crippen LogP contribution in [0.5, 0.6) is 5.75 Å². The number of nitrogens with zero attached hydrogens (tertiary/aromatic N) is 3. The highest BCUT2D eigenvalue weighted by Gasteiger charge is 2.38. The third kappa shape index (κ3) is 6.55. The van der Waals surface area contributed by atoms with Crippen LogP contribution in [0.4, 0.5) is 24.9 Å². The Morgan fingerprint density at radius 1 is 0.952 bits per heavy atom. The van der Waals surface area contributed by atoms with Crippen molar-refractivity contribution in [2.45, 2.75) is 40.6 Å². The number of methoxy groups -OCH3 is 1. The average molecular weight is 623 g/mol. The van der Waals surface area contributed by atoms with Crippen molar-refractivity contribution in [2.75, 3.05) is 24.3 Å². The lowest BCUT2D eigenvalue weighted by atomic mass is 10.1. The number of pyridine rings is 1. The molecule has 1 aliphatic carbocycles. The molecular weight excluding hydrogens is 597 g/mol. The summed E-state index contributed by atoms with van der Waals surface area (Å²) in [4.78, 5) is 13.0. The number of hydrogen-bond donors (Lipinski definition) is 3. The second-order valence-corrected chi connectivity index (χ2v) is 13.3. The summed E-state index contributed by atoms with van der Waals surface area (Å²) >= 11 is 0. The van der Waals surface area contributed by atoms with Gasteiger partial charge < -0.3 is 15.4 Å². The van der Waals surface area contributed by atoms with Crippen LogP contribution in [0.25, 0.3) is 22.3 Å². The van der Waals surface area contributed by atoms with Gasteiger partial charge in [-0.25, -0.2) is 31.9 Å². The number of sulfonamides is 1. The van der Waals surface area contributed by atoms with Crippen molar-refractivity contribution in [1.29, 1.82) is 0 Å². The van der Waals surface area contributed by atoms with Gasteiger partial charge >= 0.3 is 6.18 Å². The number of nitrogens with two attached hydrogens (primary N) is 1. The van der Waals surface area contributed by atoms with Crippen LogP contribution >= 0.6 is 0 Å². The van der Waals surface area contributed by atoms with Crippen LogP contribution in [0.15, 0.2) is 64.4 Å². The van der Waals surface area contributed by atoms with E-state index in [1.807, 2.05) is 0 Å². The topological polar surface area (TPSA) is 166 Å². The standard InChI is InChI=1S/C26H25F3N6O5S2/c1-40-21-11-4-16(12-22(21)41(36,37)17-7-8-17)19-9-10-20-23(33-19)24(32-14-26(27,28)29)35-25(34-20)31-13-15-2-5-18(6-3-15)42(30,38)39/h2-6,9-12,17H,7-8,13-14H2,1H3,(H2,30,38,39)(H2,31,32,34,35). The normalized spacial score (nSPS) is 14.1. The minimum Gasteiger partial charge on any atom is -0.495 e. The zero-order chi connectivity index (χ0) is 30.3. The summed E-state index contributed by atoms with van der Waals surface area (Å²) in [7, 11) is -6.11. The van der Waals surface area contributed by atoms with Crippen molar-refractivity contribution in [3.8, 4) is 17.0 Å². The molecule has 0 unspecified atom stereocenters. The number of halogens is 3. The Bertz CT molecular complexity index is 1860. The third-order valence-electron chi connectivity index (χ3n) is 6.43. The molecule has 2 heterocycles. The van der Waals surface area contributed by atoms with Crippen LogP contribution in [-0.4, -0.2) is 56.9 Å². The van der Waals surface area contributed by atoms with Gasteiger partial charge in [-0.15, -0.1) is 0 Å². The lowest BCUT2D eigenvalue weighted by Gasteiger charge is -2.14. The predicted octanol–water partition coefficient (Wildman–Crippen LogP) is 3.87. The number of primary sulfonamides is 1. The van der Waals surface area contributed by atoms with Gasteiger partial charge in [0.05, 0.1) is 28.5 Å². The maximum absolute atomic E-state index is 13.1. The van der Waals surface area contributed by atoms with Gasteiger partial charge in [-0.05, 0) is 60.9 Å². The van der Waals surface area contributed by atoms with E-state index in [0.717, 1.165) is 0 Å². The van der Waals surface area contributed by atoms with Gasteiger partial charge in [0.25, 0.3) is 0 Å². The first-order valence-electron chi connectivity index (χ1n) is 12.5. The number of ether oxygens (including phenoxy) is 1. The fourth-order valence-electron chi connectivity index (χ4n) is 4.16. The van der Waals surface area contributed by atoms with Gasteiger partial charge in [0, 0.05) is 12.1 Å². The minimum absolute atomic E-state index is 0.000456. The van der Waals surface area contributed by atoms with Crippen LogP contribution < -0.4 is 20.5 Å². The number of anilines is 2. The van der Waals surface area contributed by atoms with Crippen LogP contribution in [0.3, 0.4) is 0 Å². The summed E-state index contributed by atoms with van der Waals surface area (Å²) in [5.41, 5.74) is 1.63. The zero-order valence-electron chi connectivity index (χ0n) is 22.0. The lowest BCUT2D eigenvalue weighted by Crippen LogP contribution is -2.22. The quantitative estimate of drug-likeness (QED) is 0.236. The molecule has 0 spiro atoms. The first-order chi connectivity index (χ1) is 19.7. The van der Waals surface area contributed by atoms with Gasteiger partial charge in [0.1, 0.15) is 22.7 Å². The first kappa shape index (κ1) is 29.5. The van der Waals surface area contributed by atoms with E-state index >= 15 is 0 Å². The second kappa shape index (κ2) is 11.0.